The fourth-order valence-corrected chi connectivity index (χ4v) is 3.88. The molecule has 0 radical (unpaired) electrons. The second kappa shape index (κ2) is 8.37. The highest BCUT2D eigenvalue weighted by molar-refractivity contribution is 6.09. The van der Waals surface area contributed by atoms with Crippen molar-refractivity contribution in [2.45, 2.75) is 51.2 Å². The number of amides is 4. The van der Waals surface area contributed by atoms with E-state index in [1.807, 2.05) is 6.92 Å². The fraction of sp³-hybridized carbons (Fsp3) is 0.500. The number of benzene rings is 1. The molecule has 1 aromatic carbocycles. The molecule has 1 heterocycles. The molecule has 3 atom stereocenters. The Morgan fingerprint density at radius 2 is 2.07 bits per heavy atom. The minimum absolute atomic E-state index is 0.0565. The van der Waals surface area contributed by atoms with Crippen molar-refractivity contribution in [3.63, 3.8) is 0 Å². The third kappa shape index (κ3) is 4.12. The molecule has 2 fully saturated rings. The predicted octanol–water partition coefficient (Wildman–Crippen LogP) is 2.34. The normalized spacial score (nSPS) is 24.5. The van der Waals surface area contributed by atoms with Crippen LogP contribution < -0.4 is 10.6 Å². The Labute approximate surface area is 171 Å². The molecule has 3 unspecified atom stereocenters. The maximum atomic E-state index is 13.6. The molecule has 10 heteroatoms. The van der Waals surface area contributed by atoms with E-state index in [1.54, 1.807) is 0 Å². The van der Waals surface area contributed by atoms with E-state index in [-0.39, 0.29) is 11.6 Å². The van der Waals surface area contributed by atoms with Gasteiger partial charge in [-0.15, -0.1) is 0 Å². The van der Waals surface area contributed by atoms with Crippen molar-refractivity contribution in [1.82, 2.24) is 10.2 Å². The summed E-state index contributed by atoms with van der Waals surface area (Å²) in [7, 11) is 0. The minimum Gasteiger partial charge on any atom is -0.451 e. The van der Waals surface area contributed by atoms with Gasteiger partial charge in [-0.2, -0.15) is 0 Å². The number of esters is 1. The van der Waals surface area contributed by atoms with Crippen molar-refractivity contribution < 1.29 is 32.7 Å². The van der Waals surface area contributed by atoms with Crippen LogP contribution in [0, 0.1) is 17.6 Å². The number of hydrogen-bond donors (Lipinski definition) is 2. The standard InChI is InChI=1S/C20H23F2N3O5/c1-11-5-3-4-8-20(11)18(28)25(19(29)24-20)10-16(26)30-12(2)17(27)23-15-7-6-13(21)9-14(15)22/h6-7,9,11-12H,3-5,8,10H2,1-2H3,(H,23,27)(H,24,29). The monoisotopic (exact) mass is 423 g/mol. The Hall–Kier alpha value is -3.04. The van der Waals surface area contributed by atoms with Crippen molar-refractivity contribution in [2.24, 2.45) is 5.92 Å². The summed E-state index contributed by atoms with van der Waals surface area (Å²) in [6.45, 7) is 2.51. The second-order valence-electron chi connectivity index (χ2n) is 7.69. The van der Waals surface area contributed by atoms with Crippen molar-refractivity contribution >= 4 is 29.5 Å². The van der Waals surface area contributed by atoms with Crippen molar-refractivity contribution in [3.05, 3.63) is 29.8 Å². The first kappa shape index (κ1) is 21.7. The Kier molecular flexibility index (Phi) is 6.04. The molecule has 2 N–H and O–H groups in total. The zero-order valence-corrected chi connectivity index (χ0v) is 16.7. The van der Waals surface area contributed by atoms with Gasteiger partial charge >= 0.3 is 12.0 Å². The number of hydrogen-bond acceptors (Lipinski definition) is 5. The van der Waals surface area contributed by atoms with Crippen LogP contribution in [-0.4, -0.2) is 46.9 Å². The van der Waals surface area contributed by atoms with E-state index in [0.717, 1.165) is 36.3 Å². The molecule has 30 heavy (non-hydrogen) atoms. The van der Waals surface area contributed by atoms with Crippen LogP contribution in [0.4, 0.5) is 19.3 Å². The number of rotatable bonds is 5. The van der Waals surface area contributed by atoms with E-state index in [4.69, 9.17) is 4.74 Å². The van der Waals surface area contributed by atoms with Crippen molar-refractivity contribution in [2.75, 3.05) is 11.9 Å². The number of ether oxygens (including phenoxy) is 1. The number of carbonyl (C=O) groups is 4. The average molecular weight is 423 g/mol. The number of anilines is 1. The molecular weight excluding hydrogens is 400 g/mol. The molecule has 1 aliphatic carbocycles. The number of halogens is 2. The first-order chi connectivity index (χ1) is 14.1. The first-order valence-electron chi connectivity index (χ1n) is 9.73. The highest BCUT2D eigenvalue weighted by Gasteiger charge is 2.55. The number of imide groups is 1. The van der Waals surface area contributed by atoms with Crippen LogP contribution in [-0.2, 0) is 19.1 Å². The summed E-state index contributed by atoms with van der Waals surface area (Å²) in [6.07, 6.45) is 1.74. The van der Waals surface area contributed by atoms with Gasteiger partial charge in [0.1, 0.15) is 23.7 Å². The van der Waals surface area contributed by atoms with Gasteiger partial charge in [0.15, 0.2) is 6.10 Å². The largest absolute Gasteiger partial charge is 0.451 e. The molecule has 4 amide bonds. The molecule has 1 aliphatic heterocycles. The molecule has 0 bridgehead atoms. The van der Waals surface area contributed by atoms with Crippen LogP contribution in [0.15, 0.2) is 18.2 Å². The Bertz CT molecular complexity index is 893. The lowest BCUT2D eigenvalue weighted by molar-refractivity contribution is -0.155. The smallest absolute Gasteiger partial charge is 0.327 e. The van der Waals surface area contributed by atoms with Crippen LogP contribution in [0.2, 0.25) is 0 Å². The van der Waals surface area contributed by atoms with E-state index >= 15 is 0 Å². The second-order valence-corrected chi connectivity index (χ2v) is 7.69. The van der Waals surface area contributed by atoms with Crippen LogP contribution in [0.5, 0.6) is 0 Å². The lowest BCUT2D eigenvalue weighted by atomic mass is 9.73. The molecule has 8 nitrogen and oxygen atoms in total. The average Bonchev–Trinajstić information content (AvgIpc) is 2.91. The topological polar surface area (TPSA) is 105 Å². The maximum Gasteiger partial charge on any atom is 0.327 e. The molecule has 1 saturated carbocycles. The summed E-state index contributed by atoms with van der Waals surface area (Å²) in [5.41, 5.74) is -1.27. The van der Waals surface area contributed by atoms with E-state index in [0.29, 0.717) is 12.5 Å². The summed E-state index contributed by atoms with van der Waals surface area (Å²) < 4.78 is 31.6. The fourth-order valence-electron chi connectivity index (χ4n) is 3.88. The van der Waals surface area contributed by atoms with Crippen LogP contribution in [0.3, 0.4) is 0 Å². The van der Waals surface area contributed by atoms with Gasteiger partial charge in [-0.25, -0.2) is 13.6 Å². The highest BCUT2D eigenvalue weighted by atomic mass is 19.1. The molecule has 1 saturated heterocycles. The zero-order chi connectivity index (χ0) is 22.1. The van der Waals surface area contributed by atoms with Crippen LogP contribution in [0.25, 0.3) is 0 Å². The zero-order valence-electron chi connectivity index (χ0n) is 16.7. The van der Waals surface area contributed by atoms with Crippen LogP contribution >= 0.6 is 0 Å². The molecule has 3 rings (SSSR count). The molecule has 1 spiro atoms. The van der Waals surface area contributed by atoms with Gasteiger partial charge in [0.25, 0.3) is 11.8 Å². The molecular formula is C20H23F2N3O5. The predicted molar refractivity (Wildman–Crippen MR) is 101 cm³/mol. The highest BCUT2D eigenvalue weighted by Crippen LogP contribution is 2.38. The Balaban J connectivity index is 1.58. The number of nitrogens with one attached hydrogen (secondary N) is 2. The van der Waals surface area contributed by atoms with Crippen molar-refractivity contribution in [3.8, 4) is 0 Å². The minimum atomic E-state index is -1.33. The van der Waals surface area contributed by atoms with E-state index in [2.05, 4.69) is 10.6 Å². The summed E-state index contributed by atoms with van der Waals surface area (Å²) >= 11 is 0. The van der Waals surface area contributed by atoms with E-state index in [9.17, 15) is 28.0 Å². The summed E-state index contributed by atoms with van der Waals surface area (Å²) in [5, 5.41) is 4.91. The van der Waals surface area contributed by atoms with Crippen molar-refractivity contribution in [1.29, 1.82) is 0 Å². The van der Waals surface area contributed by atoms with Gasteiger partial charge < -0.3 is 15.4 Å². The Morgan fingerprint density at radius 1 is 1.33 bits per heavy atom. The summed E-state index contributed by atoms with van der Waals surface area (Å²) in [6, 6.07) is 1.94. The third-order valence-electron chi connectivity index (χ3n) is 5.66. The third-order valence-corrected chi connectivity index (χ3v) is 5.66. The van der Waals surface area contributed by atoms with E-state index < -0.39 is 53.6 Å². The number of urea groups is 1. The van der Waals surface area contributed by atoms with Gasteiger partial charge in [-0.05, 0) is 37.8 Å². The van der Waals surface area contributed by atoms with Gasteiger partial charge in [0, 0.05) is 6.07 Å². The van der Waals surface area contributed by atoms with Gasteiger partial charge in [0.2, 0.25) is 0 Å². The van der Waals surface area contributed by atoms with Gasteiger partial charge in [-0.1, -0.05) is 19.8 Å². The van der Waals surface area contributed by atoms with Gasteiger partial charge in [-0.3, -0.25) is 19.3 Å². The van der Waals surface area contributed by atoms with Gasteiger partial charge in [0.05, 0.1) is 5.69 Å². The van der Waals surface area contributed by atoms with E-state index in [1.165, 1.54) is 6.92 Å². The molecule has 1 aromatic rings. The first-order valence-corrected chi connectivity index (χ1v) is 9.73. The van der Waals surface area contributed by atoms with Crippen LogP contribution in [0.1, 0.15) is 39.5 Å². The molecule has 2 aliphatic rings. The quantitative estimate of drug-likeness (QED) is 0.559. The number of carbonyl (C=O) groups excluding carboxylic acids is 4. The number of nitrogens with zero attached hydrogens (tertiary/aromatic N) is 1. The lowest BCUT2D eigenvalue weighted by Gasteiger charge is -2.36. The lowest BCUT2D eigenvalue weighted by Crippen LogP contribution is -2.54. The maximum absolute atomic E-state index is 13.6. The summed E-state index contributed by atoms with van der Waals surface area (Å²) in [5.74, 6) is -4.11. The Morgan fingerprint density at radius 3 is 2.73 bits per heavy atom. The molecule has 162 valence electrons. The summed E-state index contributed by atoms with van der Waals surface area (Å²) in [4.78, 5) is 50.3. The molecule has 0 aromatic heterocycles. The SMILES string of the molecule is CC(OC(=O)CN1C(=O)NC2(CCCCC2C)C1=O)C(=O)Nc1ccc(F)cc1F.